The number of furan rings is 1. The molecule has 8 heteroatoms. The number of carbonyl (C=O) groups excluding carboxylic acids is 1. The number of aromatic nitrogens is 2. The number of benzene rings is 1. The highest BCUT2D eigenvalue weighted by Gasteiger charge is 2.44. The summed E-state index contributed by atoms with van der Waals surface area (Å²) in [5.41, 5.74) is 1.55. The summed E-state index contributed by atoms with van der Waals surface area (Å²) in [6.45, 7) is 4.17. The first-order valence-corrected chi connectivity index (χ1v) is 10.9. The van der Waals surface area contributed by atoms with Gasteiger partial charge in [0, 0.05) is 43.7 Å². The molecule has 0 unspecified atom stereocenters. The van der Waals surface area contributed by atoms with Gasteiger partial charge < -0.3 is 14.1 Å². The first kappa shape index (κ1) is 17.9. The largest absolute Gasteiger partial charge is 0.460 e. The fourth-order valence-electron chi connectivity index (χ4n) is 4.64. The minimum absolute atomic E-state index is 0.183. The third-order valence-electron chi connectivity index (χ3n) is 6.01. The molecule has 0 aliphatic carbocycles. The lowest BCUT2D eigenvalue weighted by Gasteiger charge is -2.33. The van der Waals surface area contributed by atoms with Crippen molar-refractivity contribution in [1.82, 2.24) is 19.8 Å². The summed E-state index contributed by atoms with van der Waals surface area (Å²) in [5, 5.41) is 1.59. The SMILES string of the molecule is CC(=O)N1C[C@H]2C[C@@H]1CN2Cc1cc2cc(Oc3nc4ncccc4s3)ccc2o1. The van der Waals surface area contributed by atoms with Crippen LogP contribution in [-0.4, -0.2) is 50.8 Å². The molecule has 2 aliphatic rings. The first-order valence-electron chi connectivity index (χ1n) is 10.1. The predicted molar refractivity (Wildman–Crippen MR) is 114 cm³/mol. The molecule has 0 spiro atoms. The number of hydrogen-bond acceptors (Lipinski definition) is 7. The van der Waals surface area contributed by atoms with Crippen LogP contribution >= 0.6 is 11.3 Å². The highest BCUT2D eigenvalue weighted by Crippen LogP contribution is 2.34. The van der Waals surface area contributed by atoms with Gasteiger partial charge in [0.1, 0.15) is 17.1 Å². The molecule has 152 valence electrons. The molecular weight excluding hydrogens is 400 g/mol. The molecule has 1 amide bonds. The quantitative estimate of drug-likeness (QED) is 0.496. The van der Waals surface area contributed by atoms with Gasteiger partial charge in [-0.1, -0.05) is 11.3 Å². The van der Waals surface area contributed by atoms with Crippen molar-refractivity contribution in [2.45, 2.75) is 32.0 Å². The van der Waals surface area contributed by atoms with Crippen LogP contribution in [0.4, 0.5) is 0 Å². The number of rotatable bonds is 4. The van der Waals surface area contributed by atoms with Crippen molar-refractivity contribution in [3.05, 3.63) is 48.4 Å². The van der Waals surface area contributed by atoms with Crippen molar-refractivity contribution in [3.63, 3.8) is 0 Å². The van der Waals surface area contributed by atoms with Crippen LogP contribution in [0.2, 0.25) is 0 Å². The van der Waals surface area contributed by atoms with Crippen molar-refractivity contribution >= 4 is 38.6 Å². The van der Waals surface area contributed by atoms with Gasteiger partial charge in [-0.15, -0.1) is 0 Å². The Kier molecular flexibility index (Phi) is 4.04. The minimum Gasteiger partial charge on any atom is -0.460 e. The van der Waals surface area contributed by atoms with E-state index in [0.29, 0.717) is 22.9 Å². The average molecular weight is 420 g/mol. The summed E-state index contributed by atoms with van der Waals surface area (Å²) >= 11 is 1.48. The van der Waals surface area contributed by atoms with Crippen LogP contribution in [0.1, 0.15) is 19.1 Å². The Bertz CT molecular complexity index is 1230. The average Bonchev–Trinajstić information content (AvgIpc) is 3.49. The lowest BCUT2D eigenvalue weighted by Crippen LogP contribution is -2.47. The molecule has 7 nitrogen and oxygen atoms in total. The summed E-state index contributed by atoms with van der Waals surface area (Å²) in [4.78, 5) is 24.8. The van der Waals surface area contributed by atoms with Gasteiger partial charge in [0.25, 0.3) is 5.19 Å². The van der Waals surface area contributed by atoms with E-state index in [-0.39, 0.29) is 5.91 Å². The molecule has 2 atom stereocenters. The van der Waals surface area contributed by atoms with Crippen LogP contribution in [0.25, 0.3) is 21.3 Å². The van der Waals surface area contributed by atoms with E-state index in [1.165, 1.54) is 11.3 Å². The lowest BCUT2D eigenvalue weighted by molar-refractivity contribution is -0.131. The van der Waals surface area contributed by atoms with Gasteiger partial charge in [-0.25, -0.2) is 4.98 Å². The third kappa shape index (κ3) is 3.03. The van der Waals surface area contributed by atoms with E-state index in [1.807, 2.05) is 35.2 Å². The molecule has 0 N–H and O–H groups in total. The van der Waals surface area contributed by atoms with E-state index in [1.54, 1.807) is 13.1 Å². The lowest BCUT2D eigenvalue weighted by atomic mass is 10.2. The van der Waals surface area contributed by atoms with Crippen LogP contribution in [-0.2, 0) is 11.3 Å². The first-order chi connectivity index (χ1) is 14.6. The maximum atomic E-state index is 11.7. The van der Waals surface area contributed by atoms with Crippen molar-refractivity contribution in [3.8, 4) is 10.9 Å². The summed E-state index contributed by atoms with van der Waals surface area (Å²) in [7, 11) is 0. The number of amides is 1. The number of nitrogens with zero attached hydrogens (tertiary/aromatic N) is 4. The zero-order valence-corrected chi connectivity index (χ0v) is 17.3. The van der Waals surface area contributed by atoms with Gasteiger partial charge in [0.15, 0.2) is 5.65 Å². The minimum atomic E-state index is 0.183. The van der Waals surface area contributed by atoms with E-state index in [2.05, 4.69) is 20.9 Å². The van der Waals surface area contributed by atoms with Gasteiger partial charge >= 0.3 is 0 Å². The van der Waals surface area contributed by atoms with E-state index in [4.69, 9.17) is 9.15 Å². The van der Waals surface area contributed by atoms with Crippen LogP contribution in [0.3, 0.4) is 0 Å². The number of piperazine rings is 1. The molecule has 2 aliphatic heterocycles. The van der Waals surface area contributed by atoms with E-state index >= 15 is 0 Å². The number of likely N-dealkylation sites (tertiary alicyclic amines) is 2. The van der Waals surface area contributed by atoms with Gasteiger partial charge in [-0.05, 0) is 42.8 Å². The van der Waals surface area contributed by atoms with Gasteiger partial charge in [-0.3, -0.25) is 9.69 Å². The van der Waals surface area contributed by atoms with Crippen molar-refractivity contribution in [2.24, 2.45) is 0 Å². The molecule has 2 saturated heterocycles. The number of carbonyl (C=O) groups is 1. The second-order valence-corrected chi connectivity index (χ2v) is 8.96. The Balaban J connectivity index is 1.19. The fraction of sp³-hybridized carbons (Fsp3) is 0.318. The molecule has 5 heterocycles. The summed E-state index contributed by atoms with van der Waals surface area (Å²) < 4.78 is 13.0. The predicted octanol–water partition coefficient (Wildman–Crippen LogP) is 4.03. The Hall–Kier alpha value is -2.97. The molecule has 1 aromatic carbocycles. The van der Waals surface area contributed by atoms with Gasteiger partial charge in [0.2, 0.25) is 5.91 Å². The standard InChI is InChI=1S/C22H20N4O3S/c1-13(27)26-11-15-9-16(26)10-25(15)12-18-8-14-7-17(4-5-19(14)28-18)29-22-24-21-20(30-22)3-2-6-23-21/h2-8,15-16H,9-12H2,1H3/t15-,16-/m1/s1. The molecule has 2 bridgehead atoms. The zero-order chi connectivity index (χ0) is 20.2. The Labute approximate surface area is 176 Å². The molecule has 30 heavy (non-hydrogen) atoms. The molecule has 0 radical (unpaired) electrons. The zero-order valence-electron chi connectivity index (χ0n) is 16.4. The van der Waals surface area contributed by atoms with Crippen molar-refractivity contribution < 1.29 is 13.9 Å². The van der Waals surface area contributed by atoms with Crippen molar-refractivity contribution in [2.75, 3.05) is 13.1 Å². The summed E-state index contributed by atoms with van der Waals surface area (Å²) in [6.07, 6.45) is 2.80. The van der Waals surface area contributed by atoms with Crippen LogP contribution in [0.5, 0.6) is 10.9 Å². The van der Waals surface area contributed by atoms with E-state index in [0.717, 1.165) is 53.2 Å². The Morgan fingerprint density at radius 2 is 2.20 bits per heavy atom. The van der Waals surface area contributed by atoms with E-state index in [9.17, 15) is 4.79 Å². The van der Waals surface area contributed by atoms with Gasteiger partial charge in [-0.2, -0.15) is 4.98 Å². The normalized spacial score (nSPS) is 21.2. The Morgan fingerprint density at radius 3 is 3.00 bits per heavy atom. The number of pyridine rings is 1. The van der Waals surface area contributed by atoms with Crippen LogP contribution in [0, 0.1) is 0 Å². The van der Waals surface area contributed by atoms with Crippen molar-refractivity contribution in [1.29, 1.82) is 0 Å². The van der Waals surface area contributed by atoms with Crippen LogP contribution in [0.15, 0.2) is 47.0 Å². The highest BCUT2D eigenvalue weighted by atomic mass is 32.1. The Morgan fingerprint density at radius 1 is 1.27 bits per heavy atom. The second kappa shape index (κ2) is 6.78. The van der Waals surface area contributed by atoms with Crippen LogP contribution < -0.4 is 4.74 Å². The molecular formula is C22H20N4O3S. The fourth-order valence-corrected chi connectivity index (χ4v) is 5.43. The number of fused-ring (bicyclic) bond motifs is 4. The molecule has 6 rings (SSSR count). The molecule has 4 aromatic rings. The third-order valence-corrected chi connectivity index (χ3v) is 6.89. The van der Waals surface area contributed by atoms with Gasteiger partial charge in [0.05, 0.1) is 11.2 Å². The highest BCUT2D eigenvalue weighted by molar-refractivity contribution is 7.20. The number of ether oxygens (including phenoxy) is 1. The second-order valence-electron chi connectivity index (χ2n) is 7.96. The number of thiazole rings is 1. The summed E-state index contributed by atoms with van der Waals surface area (Å²) in [5.74, 6) is 1.85. The topological polar surface area (TPSA) is 71.7 Å². The van der Waals surface area contributed by atoms with E-state index < -0.39 is 0 Å². The monoisotopic (exact) mass is 420 g/mol. The maximum absolute atomic E-state index is 11.7. The molecule has 2 fully saturated rings. The number of hydrogen-bond donors (Lipinski definition) is 0. The smallest absolute Gasteiger partial charge is 0.281 e. The maximum Gasteiger partial charge on any atom is 0.281 e. The summed E-state index contributed by atoms with van der Waals surface area (Å²) in [6, 6.07) is 12.6. The molecule has 3 aromatic heterocycles. The molecule has 0 saturated carbocycles.